The molecule has 1 fully saturated rings. The molecular formula is C13H26N2O3. The van der Waals surface area contributed by atoms with E-state index in [9.17, 15) is 4.79 Å². The van der Waals surface area contributed by atoms with Gasteiger partial charge >= 0.3 is 6.03 Å². The number of hydrogen-bond acceptors (Lipinski definition) is 3. The average molecular weight is 258 g/mol. The van der Waals surface area contributed by atoms with Gasteiger partial charge in [0.1, 0.15) is 0 Å². The van der Waals surface area contributed by atoms with Crippen LogP contribution in [0.25, 0.3) is 0 Å². The Hall–Kier alpha value is -0.810. The second kappa shape index (κ2) is 8.32. The summed E-state index contributed by atoms with van der Waals surface area (Å²) in [7, 11) is 0. The zero-order valence-electron chi connectivity index (χ0n) is 11.4. The van der Waals surface area contributed by atoms with E-state index in [1.54, 1.807) is 0 Å². The molecule has 1 heterocycles. The van der Waals surface area contributed by atoms with Crippen LogP contribution in [0.4, 0.5) is 4.79 Å². The zero-order valence-corrected chi connectivity index (χ0v) is 11.4. The van der Waals surface area contributed by atoms with Gasteiger partial charge in [0.15, 0.2) is 0 Å². The van der Waals surface area contributed by atoms with Crippen molar-refractivity contribution in [1.82, 2.24) is 10.6 Å². The number of amides is 2. The summed E-state index contributed by atoms with van der Waals surface area (Å²) < 4.78 is 5.60. The molecule has 5 heteroatoms. The summed E-state index contributed by atoms with van der Waals surface area (Å²) in [5.74, 6) is 0.295. The van der Waals surface area contributed by atoms with Crippen LogP contribution in [0.3, 0.4) is 0 Å². The SMILES string of the molecule is CCC(NC(=O)NCC(C)CCO)C1CCCO1. The molecule has 0 bridgehead atoms. The van der Waals surface area contributed by atoms with Gasteiger partial charge in [-0.1, -0.05) is 13.8 Å². The van der Waals surface area contributed by atoms with Crippen LogP contribution >= 0.6 is 0 Å². The van der Waals surface area contributed by atoms with Crippen molar-refractivity contribution in [2.24, 2.45) is 5.92 Å². The van der Waals surface area contributed by atoms with Gasteiger partial charge in [0.2, 0.25) is 0 Å². The molecule has 0 saturated carbocycles. The molecule has 1 aliphatic rings. The third-order valence-electron chi connectivity index (χ3n) is 3.40. The lowest BCUT2D eigenvalue weighted by atomic mass is 10.1. The molecule has 0 aromatic carbocycles. The summed E-state index contributed by atoms with van der Waals surface area (Å²) in [6.45, 7) is 5.62. The normalized spacial score (nSPS) is 22.5. The number of aliphatic hydroxyl groups excluding tert-OH is 1. The smallest absolute Gasteiger partial charge is 0.315 e. The second-order valence-corrected chi connectivity index (χ2v) is 5.04. The Labute approximate surface area is 109 Å². The van der Waals surface area contributed by atoms with Gasteiger partial charge in [-0.15, -0.1) is 0 Å². The molecule has 0 aliphatic carbocycles. The first-order valence-corrected chi connectivity index (χ1v) is 6.94. The third-order valence-corrected chi connectivity index (χ3v) is 3.40. The largest absolute Gasteiger partial charge is 0.396 e. The van der Waals surface area contributed by atoms with Gasteiger partial charge in [-0.2, -0.15) is 0 Å². The first-order chi connectivity index (χ1) is 8.67. The lowest BCUT2D eigenvalue weighted by Crippen LogP contribution is -2.48. The van der Waals surface area contributed by atoms with Crippen molar-refractivity contribution in [3.63, 3.8) is 0 Å². The molecule has 106 valence electrons. The standard InChI is InChI=1S/C13H26N2O3/c1-3-11(12-5-4-8-18-12)15-13(17)14-9-10(2)6-7-16/h10-12,16H,3-9H2,1-2H3,(H2,14,15,17). The van der Waals surface area contributed by atoms with Crippen LogP contribution in [0.15, 0.2) is 0 Å². The molecule has 18 heavy (non-hydrogen) atoms. The Balaban J connectivity index is 2.24. The molecule has 5 nitrogen and oxygen atoms in total. The molecule has 0 aromatic rings. The molecule has 3 unspecified atom stereocenters. The Morgan fingerprint density at radius 2 is 2.33 bits per heavy atom. The molecular weight excluding hydrogens is 232 g/mol. The van der Waals surface area contributed by atoms with E-state index in [1.807, 2.05) is 6.92 Å². The lowest BCUT2D eigenvalue weighted by Gasteiger charge is -2.23. The lowest BCUT2D eigenvalue weighted by molar-refractivity contribution is 0.0796. The Morgan fingerprint density at radius 1 is 1.56 bits per heavy atom. The summed E-state index contributed by atoms with van der Waals surface area (Å²) in [6.07, 6.45) is 3.86. The molecule has 2 amide bonds. The Morgan fingerprint density at radius 3 is 2.89 bits per heavy atom. The minimum absolute atomic E-state index is 0.0978. The maximum atomic E-state index is 11.7. The van der Waals surface area contributed by atoms with Gasteiger partial charge in [-0.25, -0.2) is 4.79 Å². The quantitative estimate of drug-likeness (QED) is 0.644. The number of carbonyl (C=O) groups excluding carboxylic acids is 1. The van der Waals surface area contributed by atoms with Crippen molar-refractivity contribution in [3.8, 4) is 0 Å². The van der Waals surface area contributed by atoms with Gasteiger partial charge in [0, 0.05) is 19.8 Å². The van der Waals surface area contributed by atoms with E-state index in [4.69, 9.17) is 9.84 Å². The first-order valence-electron chi connectivity index (χ1n) is 6.94. The summed E-state index contributed by atoms with van der Waals surface area (Å²) in [6, 6.07) is -0.0391. The van der Waals surface area contributed by atoms with Crippen molar-refractivity contribution < 1.29 is 14.6 Å². The van der Waals surface area contributed by atoms with Gasteiger partial charge in [-0.05, 0) is 31.6 Å². The Bertz CT molecular complexity index is 242. The van der Waals surface area contributed by atoms with E-state index in [-0.39, 0.29) is 24.8 Å². The summed E-state index contributed by atoms with van der Waals surface area (Å²) in [5, 5.41) is 14.6. The Kier molecular flexibility index (Phi) is 7.05. The predicted octanol–water partition coefficient (Wildman–Crippen LogP) is 1.26. The first kappa shape index (κ1) is 15.2. The molecule has 0 spiro atoms. The molecule has 1 rings (SSSR count). The number of carbonyl (C=O) groups is 1. The number of aliphatic hydroxyl groups is 1. The third kappa shape index (κ3) is 5.23. The highest BCUT2D eigenvalue weighted by Crippen LogP contribution is 2.17. The maximum absolute atomic E-state index is 11.7. The number of nitrogens with one attached hydrogen (secondary N) is 2. The fourth-order valence-electron chi connectivity index (χ4n) is 2.19. The van der Waals surface area contributed by atoms with E-state index in [1.165, 1.54) is 0 Å². The van der Waals surface area contributed by atoms with Crippen LogP contribution in [-0.2, 0) is 4.74 Å². The van der Waals surface area contributed by atoms with Gasteiger partial charge in [0.25, 0.3) is 0 Å². The van der Waals surface area contributed by atoms with E-state index < -0.39 is 0 Å². The average Bonchev–Trinajstić information content (AvgIpc) is 2.87. The summed E-state index contributed by atoms with van der Waals surface area (Å²) in [5.41, 5.74) is 0. The van der Waals surface area contributed by atoms with E-state index in [0.717, 1.165) is 25.9 Å². The molecule has 1 aliphatic heterocycles. The van der Waals surface area contributed by atoms with Gasteiger partial charge < -0.3 is 20.5 Å². The van der Waals surface area contributed by atoms with Crippen LogP contribution in [0, 0.1) is 5.92 Å². The molecule has 1 saturated heterocycles. The fourth-order valence-corrected chi connectivity index (χ4v) is 2.19. The molecule has 0 radical (unpaired) electrons. The van der Waals surface area contributed by atoms with Crippen LogP contribution in [-0.4, -0.2) is 43.0 Å². The van der Waals surface area contributed by atoms with E-state index in [0.29, 0.717) is 18.9 Å². The molecule has 0 aromatic heterocycles. The van der Waals surface area contributed by atoms with Gasteiger partial charge in [-0.3, -0.25) is 0 Å². The van der Waals surface area contributed by atoms with Crippen LogP contribution in [0.5, 0.6) is 0 Å². The fraction of sp³-hybridized carbons (Fsp3) is 0.923. The highest BCUT2D eigenvalue weighted by atomic mass is 16.5. The van der Waals surface area contributed by atoms with Crippen molar-refractivity contribution in [2.75, 3.05) is 19.8 Å². The minimum Gasteiger partial charge on any atom is -0.396 e. The molecule has 3 atom stereocenters. The number of hydrogen-bond donors (Lipinski definition) is 3. The predicted molar refractivity (Wildman–Crippen MR) is 70.5 cm³/mol. The van der Waals surface area contributed by atoms with Crippen molar-refractivity contribution >= 4 is 6.03 Å². The number of urea groups is 1. The highest BCUT2D eigenvalue weighted by Gasteiger charge is 2.25. The molecule has 3 N–H and O–H groups in total. The van der Waals surface area contributed by atoms with Crippen LogP contribution in [0.1, 0.15) is 39.5 Å². The van der Waals surface area contributed by atoms with Crippen molar-refractivity contribution in [2.45, 2.75) is 51.7 Å². The topological polar surface area (TPSA) is 70.6 Å². The number of rotatable bonds is 7. The van der Waals surface area contributed by atoms with Crippen LogP contribution < -0.4 is 10.6 Å². The second-order valence-electron chi connectivity index (χ2n) is 5.04. The maximum Gasteiger partial charge on any atom is 0.315 e. The van der Waals surface area contributed by atoms with Crippen LogP contribution in [0.2, 0.25) is 0 Å². The minimum atomic E-state index is -0.137. The highest BCUT2D eigenvalue weighted by molar-refractivity contribution is 5.74. The number of ether oxygens (including phenoxy) is 1. The monoisotopic (exact) mass is 258 g/mol. The van der Waals surface area contributed by atoms with Crippen molar-refractivity contribution in [1.29, 1.82) is 0 Å². The summed E-state index contributed by atoms with van der Waals surface area (Å²) >= 11 is 0. The van der Waals surface area contributed by atoms with Gasteiger partial charge in [0.05, 0.1) is 12.1 Å². The zero-order chi connectivity index (χ0) is 13.4. The van der Waals surface area contributed by atoms with Crippen molar-refractivity contribution in [3.05, 3.63) is 0 Å². The van der Waals surface area contributed by atoms with E-state index in [2.05, 4.69) is 17.6 Å². The summed E-state index contributed by atoms with van der Waals surface area (Å²) in [4.78, 5) is 11.7. The van der Waals surface area contributed by atoms with E-state index >= 15 is 0 Å².